The van der Waals surface area contributed by atoms with Gasteiger partial charge in [-0.25, -0.2) is 4.39 Å². The van der Waals surface area contributed by atoms with Crippen LogP contribution in [-0.2, 0) is 13.1 Å². The Morgan fingerprint density at radius 1 is 1.27 bits per heavy atom. The molecule has 1 aromatic carbocycles. The van der Waals surface area contributed by atoms with Crippen LogP contribution in [0, 0.1) is 12.7 Å². The molecule has 7 heteroatoms. The number of pyridine rings is 2. The van der Waals surface area contributed by atoms with Crippen LogP contribution in [0.4, 0.5) is 4.39 Å². The first-order valence-corrected chi connectivity index (χ1v) is 10.3. The topological polar surface area (TPSA) is 68.2 Å². The number of hydrogen-bond donors (Lipinski definition) is 2. The van der Waals surface area contributed by atoms with Gasteiger partial charge in [0.25, 0.3) is 0 Å². The number of hydrogen-bond acceptors (Lipinski definition) is 5. The number of likely N-dealkylation sites (N-methyl/N-ethyl adjacent to an activating group) is 1. The fraction of sp³-hybridized carbons (Fsp3) is 0.391. The van der Waals surface area contributed by atoms with Crippen molar-refractivity contribution in [3.63, 3.8) is 0 Å². The van der Waals surface area contributed by atoms with Crippen LogP contribution in [-0.4, -0.2) is 29.8 Å². The molecule has 0 radical (unpaired) electrons. The molecular weight excluding hydrogens is 383 g/mol. The van der Waals surface area contributed by atoms with Crippen LogP contribution in [0.3, 0.4) is 0 Å². The van der Waals surface area contributed by atoms with E-state index in [0.717, 1.165) is 29.6 Å². The molecule has 0 amide bonds. The fourth-order valence-electron chi connectivity index (χ4n) is 3.62. The van der Waals surface area contributed by atoms with Crippen molar-refractivity contribution in [2.75, 3.05) is 20.2 Å². The monoisotopic (exact) mass is 410 g/mol. The predicted molar refractivity (Wildman–Crippen MR) is 115 cm³/mol. The lowest BCUT2D eigenvalue weighted by atomic mass is 10.1. The van der Waals surface area contributed by atoms with E-state index in [0.29, 0.717) is 43.2 Å². The van der Waals surface area contributed by atoms with Crippen molar-refractivity contribution < 1.29 is 9.13 Å². The molecule has 0 aliphatic heterocycles. The molecule has 0 unspecified atom stereocenters. The largest absolute Gasteiger partial charge is 0.489 e. The molecule has 0 saturated heterocycles. The van der Waals surface area contributed by atoms with Gasteiger partial charge >= 0.3 is 0 Å². The Balaban J connectivity index is 1.62. The maximum absolute atomic E-state index is 14.6. The molecule has 1 aliphatic carbocycles. The van der Waals surface area contributed by atoms with Crippen LogP contribution in [0.15, 0.2) is 41.5 Å². The van der Waals surface area contributed by atoms with E-state index in [4.69, 9.17) is 4.74 Å². The standard InChI is InChI=1S/C23H27FN4O2/c1-15-9-16(5-6-27-15)12-26-13-17-14-28(18-3-4-18)21-11-22(30-8-7-25-2)20(24)10-19(21)23(17)29/h5-6,9-11,14,18,25-26H,3-4,7-8,12-13H2,1-2H3. The Bertz CT molecular complexity index is 1110. The summed E-state index contributed by atoms with van der Waals surface area (Å²) in [4.78, 5) is 17.3. The first kappa shape index (κ1) is 20.5. The minimum atomic E-state index is -0.504. The normalized spacial score (nSPS) is 13.7. The van der Waals surface area contributed by atoms with Crippen molar-refractivity contribution in [3.8, 4) is 5.75 Å². The molecule has 1 saturated carbocycles. The zero-order valence-electron chi connectivity index (χ0n) is 17.4. The average Bonchev–Trinajstić information content (AvgIpc) is 3.56. The lowest BCUT2D eigenvalue weighted by molar-refractivity contribution is 0.303. The zero-order chi connectivity index (χ0) is 21.1. The molecule has 30 heavy (non-hydrogen) atoms. The van der Waals surface area contributed by atoms with E-state index < -0.39 is 5.82 Å². The maximum atomic E-state index is 14.6. The molecule has 6 nitrogen and oxygen atoms in total. The summed E-state index contributed by atoms with van der Waals surface area (Å²) in [6.45, 7) is 3.99. The highest BCUT2D eigenvalue weighted by Gasteiger charge is 2.26. The second-order valence-electron chi connectivity index (χ2n) is 7.78. The quantitative estimate of drug-likeness (QED) is 0.531. The number of aryl methyl sites for hydroxylation is 1. The van der Waals surface area contributed by atoms with Gasteiger partial charge in [0.2, 0.25) is 0 Å². The van der Waals surface area contributed by atoms with E-state index in [-0.39, 0.29) is 11.2 Å². The molecule has 2 aromatic heterocycles. The summed E-state index contributed by atoms with van der Waals surface area (Å²) in [5.41, 5.74) is 3.31. The Morgan fingerprint density at radius 3 is 2.83 bits per heavy atom. The minimum Gasteiger partial charge on any atom is -0.489 e. The van der Waals surface area contributed by atoms with Gasteiger partial charge in [0.15, 0.2) is 17.0 Å². The summed E-state index contributed by atoms with van der Waals surface area (Å²) < 4.78 is 22.3. The molecule has 1 fully saturated rings. The minimum absolute atomic E-state index is 0.138. The Kier molecular flexibility index (Phi) is 6.11. The Labute approximate surface area is 175 Å². The summed E-state index contributed by atoms with van der Waals surface area (Å²) in [5.74, 6) is -0.319. The van der Waals surface area contributed by atoms with Crippen molar-refractivity contribution in [1.82, 2.24) is 20.2 Å². The number of ether oxygens (including phenoxy) is 1. The number of nitrogens with zero attached hydrogens (tertiary/aromatic N) is 2. The third kappa shape index (κ3) is 4.52. The van der Waals surface area contributed by atoms with Crippen molar-refractivity contribution in [2.45, 2.75) is 38.9 Å². The molecule has 4 rings (SSSR count). The van der Waals surface area contributed by atoms with Gasteiger partial charge in [-0.15, -0.1) is 0 Å². The van der Waals surface area contributed by atoms with E-state index >= 15 is 0 Å². The third-order valence-corrected chi connectivity index (χ3v) is 5.32. The fourth-order valence-corrected chi connectivity index (χ4v) is 3.62. The molecule has 158 valence electrons. The van der Waals surface area contributed by atoms with Gasteiger partial charge in [-0.05, 0) is 50.6 Å². The van der Waals surface area contributed by atoms with Crippen molar-refractivity contribution in [1.29, 1.82) is 0 Å². The van der Waals surface area contributed by atoms with Gasteiger partial charge in [0.1, 0.15) is 6.61 Å². The molecule has 2 heterocycles. The van der Waals surface area contributed by atoms with E-state index in [2.05, 4.69) is 20.2 Å². The average molecular weight is 410 g/mol. The zero-order valence-corrected chi connectivity index (χ0v) is 17.4. The summed E-state index contributed by atoms with van der Waals surface area (Å²) in [6, 6.07) is 7.30. The van der Waals surface area contributed by atoms with E-state index in [1.165, 1.54) is 6.07 Å². The van der Waals surface area contributed by atoms with Crippen LogP contribution >= 0.6 is 0 Å². The number of aromatic nitrogens is 2. The summed E-state index contributed by atoms with van der Waals surface area (Å²) >= 11 is 0. The SMILES string of the molecule is CNCCOc1cc2c(cc1F)c(=O)c(CNCc1ccnc(C)c1)cn2C1CC1. The van der Waals surface area contributed by atoms with Gasteiger partial charge in [0.05, 0.1) is 5.52 Å². The van der Waals surface area contributed by atoms with E-state index in [1.807, 2.05) is 32.3 Å². The van der Waals surface area contributed by atoms with Crippen LogP contribution in [0.2, 0.25) is 0 Å². The summed E-state index contributed by atoms with van der Waals surface area (Å²) in [7, 11) is 1.82. The molecule has 0 atom stereocenters. The number of rotatable bonds is 9. The first-order valence-electron chi connectivity index (χ1n) is 10.3. The van der Waals surface area contributed by atoms with E-state index in [9.17, 15) is 9.18 Å². The van der Waals surface area contributed by atoms with E-state index in [1.54, 1.807) is 12.3 Å². The lowest BCUT2D eigenvalue weighted by Crippen LogP contribution is -2.22. The van der Waals surface area contributed by atoms with Crippen molar-refractivity contribution in [3.05, 3.63) is 69.5 Å². The molecule has 0 spiro atoms. The number of benzene rings is 1. The Morgan fingerprint density at radius 2 is 2.10 bits per heavy atom. The van der Waals surface area contributed by atoms with Crippen LogP contribution in [0.25, 0.3) is 10.9 Å². The highest BCUT2D eigenvalue weighted by Crippen LogP contribution is 2.38. The molecule has 2 N–H and O–H groups in total. The highest BCUT2D eigenvalue weighted by atomic mass is 19.1. The highest BCUT2D eigenvalue weighted by molar-refractivity contribution is 5.81. The van der Waals surface area contributed by atoms with Crippen LogP contribution in [0.1, 0.15) is 35.7 Å². The smallest absolute Gasteiger partial charge is 0.193 e. The first-order chi connectivity index (χ1) is 14.6. The van der Waals surface area contributed by atoms with Crippen LogP contribution in [0.5, 0.6) is 5.75 Å². The maximum Gasteiger partial charge on any atom is 0.193 e. The van der Waals surface area contributed by atoms with Gasteiger partial charge in [-0.3, -0.25) is 9.78 Å². The molecule has 0 bridgehead atoms. The molecule has 1 aliphatic rings. The second-order valence-corrected chi connectivity index (χ2v) is 7.78. The summed E-state index contributed by atoms with van der Waals surface area (Å²) in [6.07, 6.45) is 5.83. The molecule has 3 aromatic rings. The number of halogens is 1. The van der Waals surface area contributed by atoms with Gasteiger partial charge < -0.3 is 19.9 Å². The molecular formula is C23H27FN4O2. The van der Waals surface area contributed by atoms with Gasteiger partial charge in [-0.1, -0.05) is 0 Å². The van der Waals surface area contributed by atoms with Crippen LogP contribution < -0.4 is 20.8 Å². The van der Waals surface area contributed by atoms with Gasteiger partial charge in [0, 0.05) is 60.8 Å². The number of fused-ring (bicyclic) bond motifs is 1. The predicted octanol–water partition coefficient (Wildman–Crippen LogP) is 3.07. The van der Waals surface area contributed by atoms with Crippen molar-refractivity contribution >= 4 is 10.9 Å². The summed E-state index contributed by atoms with van der Waals surface area (Å²) in [5, 5.41) is 6.71. The Hall–Kier alpha value is -2.77. The third-order valence-electron chi connectivity index (χ3n) is 5.32. The van der Waals surface area contributed by atoms with Crippen molar-refractivity contribution in [2.24, 2.45) is 0 Å². The number of nitrogens with one attached hydrogen (secondary N) is 2. The lowest BCUT2D eigenvalue weighted by Gasteiger charge is -2.15. The van der Waals surface area contributed by atoms with Gasteiger partial charge in [-0.2, -0.15) is 0 Å². The second kappa shape index (κ2) is 8.93.